The second kappa shape index (κ2) is 18.2. The molecule has 0 heterocycles. The van der Waals surface area contributed by atoms with Crippen molar-refractivity contribution in [2.45, 2.75) is 122 Å². The van der Waals surface area contributed by atoms with Crippen LogP contribution in [0.3, 0.4) is 0 Å². The summed E-state index contributed by atoms with van der Waals surface area (Å²) in [5.74, 6) is 0. The minimum atomic E-state index is -4.09. The molecule has 4 nitrogen and oxygen atoms in total. The molecule has 0 radical (unpaired) electrons. The van der Waals surface area contributed by atoms with Crippen molar-refractivity contribution >= 4 is 10.1 Å². The van der Waals surface area contributed by atoms with Gasteiger partial charge in [0, 0.05) is 5.25 Å². The summed E-state index contributed by atoms with van der Waals surface area (Å²) in [5, 5.41) is 8.90. The Hall–Kier alpha value is 0.870. The van der Waals surface area contributed by atoms with Crippen molar-refractivity contribution < 1.29 is 47.6 Å². The monoisotopic (exact) mass is 386 g/mol. The summed E-state index contributed by atoms with van der Waals surface area (Å²) >= 11 is 0. The molecule has 0 aliphatic carbocycles. The van der Waals surface area contributed by atoms with Gasteiger partial charge in [0.05, 0.1) is 16.2 Å². The minimum absolute atomic E-state index is 0. The van der Waals surface area contributed by atoms with E-state index in [1.165, 1.54) is 51.9 Å². The molecule has 0 fully saturated rings. The molecule has 0 saturated carbocycles. The SMILES string of the molecule is CCCC(O)CCCCCCCCCCCCCC(C)S(=O)(=O)[O-].[Na+]. The van der Waals surface area contributed by atoms with E-state index in [0.717, 1.165) is 44.9 Å². The van der Waals surface area contributed by atoms with Gasteiger partial charge in [0.2, 0.25) is 0 Å². The van der Waals surface area contributed by atoms with Crippen molar-refractivity contribution in [1.29, 1.82) is 0 Å². The number of unbranched alkanes of at least 4 members (excludes halogenated alkanes) is 10. The van der Waals surface area contributed by atoms with Gasteiger partial charge >= 0.3 is 29.6 Å². The fraction of sp³-hybridized carbons (Fsp3) is 1.00. The van der Waals surface area contributed by atoms with E-state index in [4.69, 9.17) is 0 Å². The van der Waals surface area contributed by atoms with Gasteiger partial charge in [0.15, 0.2) is 0 Å². The number of aliphatic hydroxyl groups is 1. The van der Waals surface area contributed by atoms with E-state index in [1.807, 2.05) is 0 Å². The largest absolute Gasteiger partial charge is 1.00 e. The van der Waals surface area contributed by atoms with Crippen molar-refractivity contribution in [1.82, 2.24) is 0 Å². The molecule has 0 saturated heterocycles. The summed E-state index contributed by atoms with van der Waals surface area (Å²) in [6.07, 6.45) is 16.4. The van der Waals surface area contributed by atoms with Gasteiger partial charge in [0.25, 0.3) is 0 Å². The van der Waals surface area contributed by atoms with Crippen molar-refractivity contribution in [2.24, 2.45) is 0 Å². The first-order chi connectivity index (χ1) is 11.4. The van der Waals surface area contributed by atoms with Crippen LogP contribution in [0.15, 0.2) is 0 Å². The van der Waals surface area contributed by atoms with Crippen LogP contribution in [0, 0.1) is 0 Å². The average molecular weight is 387 g/mol. The number of aliphatic hydroxyl groups excluding tert-OH is 1. The molecule has 25 heavy (non-hydrogen) atoms. The molecule has 6 heteroatoms. The molecule has 1 N–H and O–H groups in total. The molecule has 0 aliphatic heterocycles. The summed E-state index contributed by atoms with van der Waals surface area (Å²) < 4.78 is 32.3. The van der Waals surface area contributed by atoms with E-state index in [-0.39, 0.29) is 35.7 Å². The maximum absolute atomic E-state index is 10.8. The zero-order chi connectivity index (χ0) is 18.3. The molecule has 0 rings (SSSR count). The van der Waals surface area contributed by atoms with E-state index in [9.17, 15) is 18.1 Å². The molecule has 0 bridgehead atoms. The van der Waals surface area contributed by atoms with Gasteiger partial charge in [-0.2, -0.15) is 0 Å². The third-order valence-electron chi connectivity index (χ3n) is 4.76. The van der Waals surface area contributed by atoms with Crippen LogP contribution < -0.4 is 29.6 Å². The Bertz CT molecular complexity index is 374. The molecule has 2 unspecified atom stereocenters. The zero-order valence-electron chi connectivity index (χ0n) is 16.8. The Morgan fingerprint density at radius 1 is 0.760 bits per heavy atom. The summed E-state index contributed by atoms with van der Waals surface area (Å²) in [6, 6.07) is 0. The van der Waals surface area contributed by atoms with Crippen LogP contribution in [0.5, 0.6) is 0 Å². The van der Waals surface area contributed by atoms with Crippen molar-refractivity contribution in [3.63, 3.8) is 0 Å². The predicted octanol–water partition coefficient (Wildman–Crippen LogP) is 2.16. The molecule has 0 aromatic rings. The van der Waals surface area contributed by atoms with Crippen LogP contribution in [0.2, 0.25) is 0 Å². The fourth-order valence-electron chi connectivity index (χ4n) is 3.02. The van der Waals surface area contributed by atoms with Crippen LogP contribution in [0.25, 0.3) is 0 Å². The molecule has 0 aromatic carbocycles. The molecule has 0 amide bonds. The van der Waals surface area contributed by atoms with Crippen LogP contribution in [0.4, 0.5) is 0 Å². The molecule has 0 spiro atoms. The molecular weight excluding hydrogens is 347 g/mol. The average Bonchev–Trinajstić information content (AvgIpc) is 2.51. The molecule has 146 valence electrons. The molecule has 2 atom stereocenters. The van der Waals surface area contributed by atoms with Gasteiger partial charge in [-0.3, -0.25) is 0 Å². The number of hydrogen-bond acceptors (Lipinski definition) is 4. The summed E-state index contributed by atoms with van der Waals surface area (Å²) in [5.41, 5.74) is 0. The second-order valence-electron chi connectivity index (χ2n) is 7.21. The zero-order valence-corrected chi connectivity index (χ0v) is 19.7. The molecule has 0 aliphatic rings. The van der Waals surface area contributed by atoms with E-state index in [2.05, 4.69) is 6.92 Å². The van der Waals surface area contributed by atoms with Crippen molar-refractivity contribution in [3.8, 4) is 0 Å². The van der Waals surface area contributed by atoms with Gasteiger partial charge in [0.1, 0.15) is 0 Å². The first kappa shape index (κ1) is 28.1. The molecular formula is C19H39NaO4S. The summed E-state index contributed by atoms with van der Waals surface area (Å²) in [4.78, 5) is 0. The van der Waals surface area contributed by atoms with Crippen LogP contribution in [-0.2, 0) is 10.1 Å². The Morgan fingerprint density at radius 3 is 1.48 bits per heavy atom. The predicted molar refractivity (Wildman–Crippen MR) is 100 cm³/mol. The fourth-order valence-corrected chi connectivity index (χ4v) is 3.48. The summed E-state index contributed by atoms with van der Waals surface area (Å²) in [6.45, 7) is 3.62. The Kier molecular flexibility index (Phi) is 20.5. The van der Waals surface area contributed by atoms with Gasteiger partial charge in [-0.25, -0.2) is 8.42 Å². The second-order valence-corrected chi connectivity index (χ2v) is 9.00. The number of hydrogen-bond donors (Lipinski definition) is 1. The smallest absolute Gasteiger partial charge is 0.748 e. The maximum atomic E-state index is 10.8. The molecule has 0 aromatic heterocycles. The van der Waals surface area contributed by atoms with Crippen LogP contribution >= 0.6 is 0 Å². The van der Waals surface area contributed by atoms with Gasteiger partial charge < -0.3 is 9.66 Å². The Labute approximate surface area is 178 Å². The van der Waals surface area contributed by atoms with E-state index in [0.29, 0.717) is 6.42 Å². The standard InChI is InChI=1S/C19H40O4S.Na/c1-3-15-19(20)17-14-12-10-8-6-4-5-7-9-11-13-16-18(2)24(21,22)23;/h18-20H,3-17H2,1-2H3,(H,21,22,23);/q;+1/p-1. The quantitative estimate of drug-likeness (QED) is 0.236. The van der Waals surface area contributed by atoms with E-state index < -0.39 is 15.4 Å². The first-order valence-electron chi connectivity index (χ1n) is 10.0. The van der Waals surface area contributed by atoms with Gasteiger partial charge in [-0.15, -0.1) is 0 Å². The first-order valence-corrected chi connectivity index (χ1v) is 11.5. The van der Waals surface area contributed by atoms with E-state index in [1.54, 1.807) is 0 Å². The number of rotatable bonds is 17. The van der Waals surface area contributed by atoms with Crippen LogP contribution in [0.1, 0.15) is 110 Å². The van der Waals surface area contributed by atoms with E-state index >= 15 is 0 Å². The van der Waals surface area contributed by atoms with Crippen molar-refractivity contribution in [3.05, 3.63) is 0 Å². The normalized spacial score (nSPS) is 14.1. The third kappa shape index (κ3) is 19.4. The topological polar surface area (TPSA) is 77.4 Å². The third-order valence-corrected chi connectivity index (χ3v) is 5.98. The maximum Gasteiger partial charge on any atom is 1.00 e. The van der Waals surface area contributed by atoms with Crippen LogP contribution in [-0.4, -0.2) is 29.4 Å². The Balaban J connectivity index is 0. The Morgan fingerprint density at radius 2 is 1.12 bits per heavy atom. The van der Waals surface area contributed by atoms with Gasteiger partial charge in [-0.1, -0.05) is 84.0 Å². The minimum Gasteiger partial charge on any atom is -0.748 e. The van der Waals surface area contributed by atoms with Gasteiger partial charge in [-0.05, 0) is 26.2 Å². The summed E-state index contributed by atoms with van der Waals surface area (Å²) in [7, 11) is -4.09. The van der Waals surface area contributed by atoms with Crippen molar-refractivity contribution in [2.75, 3.05) is 0 Å².